The van der Waals surface area contributed by atoms with Crippen LogP contribution >= 0.6 is 24.8 Å². The second kappa shape index (κ2) is 12.1. The zero-order valence-electron chi connectivity index (χ0n) is 17.7. The smallest absolute Gasteiger partial charge is 0.237 e. The number of pyridine rings is 1. The molecular formula is C23H31Cl2N3O3. The Morgan fingerprint density at radius 2 is 1.87 bits per heavy atom. The van der Waals surface area contributed by atoms with Gasteiger partial charge in [-0.1, -0.05) is 12.8 Å². The van der Waals surface area contributed by atoms with Gasteiger partial charge in [0.25, 0.3) is 0 Å². The van der Waals surface area contributed by atoms with E-state index in [4.69, 9.17) is 9.47 Å². The number of ether oxygens (including phenoxy) is 2. The molecule has 2 fully saturated rings. The summed E-state index contributed by atoms with van der Waals surface area (Å²) in [5.41, 5.74) is 0.963. The SMILES string of the molecule is CCOc1ccc(Oc2cc(CNC(=O)C3CC4CCCCC4N3)ccn2)cc1.Cl.Cl. The van der Waals surface area contributed by atoms with E-state index in [9.17, 15) is 4.79 Å². The van der Waals surface area contributed by atoms with Crippen LogP contribution in [-0.4, -0.2) is 29.6 Å². The van der Waals surface area contributed by atoms with Crippen molar-refractivity contribution < 1.29 is 14.3 Å². The second-order valence-corrected chi connectivity index (χ2v) is 7.83. The molecule has 1 amide bonds. The quantitative estimate of drug-likeness (QED) is 0.619. The number of carbonyl (C=O) groups is 1. The number of benzene rings is 1. The molecular weight excluding hydrogens is 437 g/mol. The third-order valence-corrected chi connectivity index (χ3v) is 5.80. The van der Waals surface area contributed by atoms with Crippen LogP contribution in [0.25, 0.3) is 0 Å². The zero-order valence-corrected chi connectivity index (χ0v) is 19.3. The minimum absolute atomic E-state index is 0. The van der Waals surface area contributed by atoms with Crippen molar-refractivity contribution >= 4 is 30.7 Å². The largest absolute Gasteiger partial charge is 0.494 e. The lowest BCUT2D eigenvalue weighted by molar-refractivity contribution is -0.123. The molecule has 3 atom stereocenters. The first-order valence-corrected chi connectivity index (χ1v) is 10.6. The third kappa shape index (κ3) is 6.73. The van der Waals surface area contributed by atoms with Crippen LogP contribution < -0.4 is 20.1 Å². The maximum atomic E-state index is 12.6. The first-order valence-electron chi connectivity index (χ1n) is 10.6. The fourth-order valence-corrected chi connectivity index (χ4v) is 4.34. The summed E-state index contributed by atoms with van der Waals surface area (Å²) in [6.07, 6.45) is 7.68. The van der Waals surface area contributed by atoms with E-state index in [0.29, 0.717) is 36.7 Å². The number of hydrogen-bond acceptors (Lipinski definition) is 5. The highest BCUT2D eigenvalue weighted by molar-refractivity contribution is 5.85. The highest BCUT2D eigenvalue weighted by atomic mass is 35.5. The van der Waals surface area contributed by atoms with Gasteiger partial charge in [-0.25, -0.2) is 4.98 Å². The van der Waals surface area contributed by atoms with Gasteiger partial charge >= 0.3 is 0 Å². The molecule has 1 aliphatic carbocycles. The van der Waals surface area contributed by atoms with Crippen molar-refractivity contribution in [3.63, 3.8) is 0 Å². The number of carbonyl (C=O) groups excluding carboxylic acids is 1. The molecule has 0 bridgehead atoms. The predicted octanol–water partition coefficient (Wildman–Crippen LogP) is 4.65. The molecule has 2 aliphatic rings. The Balaban J connectivity index is 0.00000171. The van der Waals surface area contributed by atoms with Crippen molar-refractivity contribution in [2.45, 2.75) is 57.7 Å². The van der Waals surface area contributed by atoms with E-state index in [1.165, 1.54) is 25.7 Å². The number of hydrogen-bond donors (Lipinski definition) is 2. The van der Waals surface area contributed by atoms with Gasteiger partial charge in [0.15, 0.2) is 0 Å². The lowest BCUT2D eigenvalue weighted by Gasteiger charge is -2.24. The molecule has 1 aliphatic heterocycles. The molecule has 31 heavy (non-hydrogen) atoms. The molecule has 1 aromatic heterocycles. The van der Waals surface area contributed by atoms with Crippen molar-refractivity contribution in [2.24, 2.45) is 5.92 Å². The van der Waals surface area contributed by atoms with Crippen molar-refractivity contribution in [1.82, 2.24) is 15.6 Å². The van der Waals surface area contributed by atoms with Gasteiger partial charge in [-0.05, 0) is 68.0 Å². The number of amides is 1. The van der Waals surface area contributed by atoms with Gasteiger partial charge in [-0.15, -0.1) is 24.8 Å². The first-order chi connectivity index (χ1) is 14.2. The molecule has 0 radical (unpaired) electrons. The molecule has 1 saturated carbocycles. The maximum absolute atomic E-state index is 12.6. The van der Waals surface area contributed by atoms with E-state index in [-0.39, 0.29) is 36.8 Å². The van der Waals surface area contributed by atoms with E-state index >= 15 is 0 Å². The predicted molar refractivity (Wildman–Crippen MR) is 126 cm³/mol. The molecule has 3 unspecified atom stereocenters. The summed E-state index contributed by atoms with van der Waals surface area (Å²) in [5.74, 6) is 2.76. The maximum Gasteiger partial charge on any atom is 0.237 e. The average Bonchev–Trinajstić information content (AvgIpc) is 3.18. The van der Waals surface area contributed by atoms with Crippen LogP contribution in [0.5, 0.6) is 17.4 Å². The van der Waals surface area contributed by atoms with Crippen LogP contribution in [0.1, 0.15) is 44.6 Å². The molecule has 4 rings (SSSR count). The number of fused-ring (bicyclic) bond motifs is 1. The highest BCUT2D eigenvalue weighted by Crippen LogP contribution is 2.33. The Morgan fingerprint density at radius 3 is 2.61 bits per heavy atom. The van der Waals surface area contributed by atoms with Crippen molar-refractivity contribution in [2.75, 3.05) is 6.61 Å². The molecule has 2 heterocycles. The molecule has 0 spiro atoms. The van der Waals surface area contributed by atoms with Crippen molar-refractivity contribution in [1.29, 1.82) is 0 Å². The number of aromatic nitrogens is 1. The Hall–Kier alpha value is -2.02. The van der Waals surface area contributed by atoms with Crippen LogP contribution in [0.2, 0.25) is 0 Å². The standard InChI is InChI=1S/C23H29N3O3.2ClH/c1-2-28-18-7-9-19(10-8-18)29-22-13-16(11-12-24-22)15-25-23(27)21-14-17-5-3-4-6-20(17)26-21;;/h7-13,17,20-21,26H,2-6,14-15H2,1H3,(H,25,27);2*1H. The number of nitrogens with one attached hydrogen (secondary N) is 2. The third-order valence-electron chi connectivity index (χ3n) is 5.80. The molecule has 2 N–H and O–H groups in total. The monoisotopic (exact) mass is 467 g/mol. The summed E-state index contributed by atoms with van der Waals surface area (Å²) in [7, 11) is 0. The van der Waals surface area contributed by atoms with Gasteiger partial charge in [-0.2, -0.15) is 0 Å². The summed E-state index contributed by atoms with van der Waals surface area (Å²) < 4.78 is 11.3. The Labute approximate surface area is 196 Å². The number of halogens is 2. The normalized spacial score (nSPS) is 21.8. The van der Waals surface area contributed by atoms with Crippen LogP contribution in [0, 0.1) is 5.92 Å². The summed E-state index contributed by atoms with van der Waals surface area (Å²) in [5, 5.41) is 6.59. The minimum atomic E-state index is -0.0653. The summed E-state index contributed by atoms with van der Waals surface area (Å²) in [6.45, 7) is 3.05. The summed E-state index contributed by atoms with van der Waals surface area (Å²) in [6, 6.07) is 11.7. The van der Waals surface area contributed by atoms with Crippen LogP contribution in [0.4, 0.5) is 0 Å². The highest BCUT2D eigenvalue weighted by Gasteiger charge is 2.37. The first kappa shape index (κ1) is 25.2. The summed E-state index contributed by atoms with van der Waals surface area (Å²) in [4.78, 5) is 16.9. The topological polar surface area (TPSA) is 72.5 Å². The van der Waals surface area contributed by atoms with Gasteiger partial charge in [0.2, 0.25) is 11.8 Å². The molecule has 170 valence electrons. The average molecular weight is 468 g/mol. The lowest BCUT2D eigenvalue weighted by Crippen LogP contribution is -2.42. The Kier molecular flexibility index (Phi) is 9.88. The fraction of sp³-hybridized carbons (Fsp3) is 0.478. The number of rotatable bonds is 7. The van der Waals surface area contributed by atoms with E-state index in [2.05, 4.69) is 15.6 Å². The fourth-order valence-electron chi connectivity index (χ4n) is 4.34. The Morgan fingerprint density at radius 1 is 1.13 bits per heavy atom. The lowest BCUT2D eigenvalue weighted by atomic mass is 9.85. The van der Waals surface area contributed by atoms with Crippen molar-refractivity contribution in [3.05, 3.63) is 48.2 Å². The summed E-state index contributed by atoms with van der Waals surface area (Å²) >= 11 is 0. The van der Waals surface area contributed by atoms with Crippen molar-refractivity contribution in [3.8, 4) is 17.4 Å². The second-order valence-electron chi connectivity index (χ2n) is 7.83. The molecule has 1 saturated heterocycles. The van der Waals surface area contributed by atoms with Gasteiger partial charge < -0.3 is 20.1 Å². The van der Waals surface area contributed by atoms with Gasteiger partial charge in [0, 0.05) is 24.8 Å². The van der Waals surface area contributed by atoms with E-state index in [0.717, 1.165) is 17.7 Å². The molecule has 6 nitrogen and oxygen atoms in total. The number of nitrogens with zero attached hydrogens (tertiary/aromatic N) is 1. The van der Waals surface area contributed by atoms with Gasteiger partial charge in [0.05, 0.1) is 12.6 Å². The Bertz CT molecular complexity index is 821. The van der Waals surface area contributed by atoms with Gasteiger partial charge in [0.1, 0.15) is 11.5 Å². The van der Waals surface area contributed by atoms with Gasteiger partial charge in [-0.3, -0.25) is 4.79 Å². The van der Waals surface area contributed by atoms with E-state index in [1.54, 1.807) is 6.20 Å². The van der Waals surface area contributed by atoms with E-state index < -0.39 is 0 Å². The van der Waals surface area contributed by atoms with E-state index in [1.807, 2.05) is 43.3 Å². The molecule has 1 aromatic carbocycles. The van der Waals surface area contributed by atoms with Crippen LogP contribution in [-0.2, 0) is 11.3 Å². The molecule has 8 heteroatoms. The van der Waals surface area contributed by atoms with Crippen LogP contribution in [0.15, 0.2) is 42.6 Å². The molecule has 2 aromatic rings. The zero-order chi connectivity index (χ0) is 20.1. The van der Waals surface area contributed by atoms with Crippen LogP contribution in [0.3, 0.4) is 0 Å². The minimum Gasteiger partial charge on any atom is -0.494 e.